The summed E-state index contributed by atoms with van der Waals surface area (Å²) < 4.78 is 23.1. The van der Waals surface area contributed by atoms with Crippen LogP contribution in [0.5, 0.6) is 0 Å². The minimum Gasteiger partial charge on any atom is -0.356 e. The van der Waals surface area contributed by atoms with E-state index >= 15 is 0 Å². The largest absolute Gasteiger partial charge is 0.356 e. The summed E-state index contributed by atoms with van der Waals surface area (Å²) in [6.07, 6.45) is 0.478. The van der Waals surface area contributed by atoms with Crippen molar-refractivity contribution in [3.8, 4) is 0 Å². The molecule has 1 atom stereocenters. The van der Waals surface area contributed by atoms with E-state index in [2.05, 4.69) is 10.6 Å². The zero-order chi connectivity index (χ0) is 15.7. The van der Waals surface area contributed by atoms with Crippen molar-refractivity contribution in [1.29, 1.82) is 0 Å². The summed E-state index contributed by atoms with van der Waals surface area (Å²) in [6.45, 7) is 1.79. The van der Waals surface area contributed by atoms with Crippen LogP contribution < -0.4 is 10.6 Å². The highest BCUT2D eigenvalue weighted by molar-refractivity contribution is 7.91. The number of nitrogens with zero attached hydrogens (tertiary/aromatic N) is 1. The van der Waals surface area contributed by atoms with Crippen LogP contribution in [0.3, 0.4) is 0 Å². The molecule has 114 valence electrons. The Hall–Kier alpha value is -1.74. The standard InChI is InChI=1S/C12H15N3O4S2/c1-12(5-6-21(18,19)8-12)14-11(20)13-9-3-2-4-10(7-9)15(16)17/h2-4,7H,5-6,8H2,1H3,(H2,13,14,20)/t12-/m0/s1. The third-order valence-electron chi connectivity index (χ3n) is 3.23. The van der Waals surface area contributed by atoms with Crippen LogP contribution in [0.1, 0.15) is 13.3 Å². The van der Waals surface area contributed by atoms with Crippen LogP contribution in [0.4, 0.5) is 11.4 Å². The van der Waals surface area contributed by atoms with Gasteiger partial charge in [0.25, 0.3) is 5.69 Å². The number of hydrogen-bond donors (Lipinski definition) is 2. The lowest BCUT2D eigenvalue weighted by atomic mass is 10.0. The topological polar surface area (TPSA) is 101 Å². The van der Waals surface area contributed by atoms with Crippen molar-refractivity contribution in [1.82, 2.24) is 5.32 Å². The number of nitro groups is 1. The molecule has 21 heavy (non-hydrogen) atoms. The SMILES string of the molecule is C[C@]1(NC(=S)Nc2cccc([N+](=O)[O-])c2)CCS(=O)(=O)C1. The molecule has 0 spiro atoms. The summed E-state index contributed by atoms with van der Waals surface area (Å²) in [5.74, 6) is 0.159. The van der Waals surface area contributed by atoms with Crippen LogP contribution in [-0.2, 0) is 9.84 Å². The Labute approximate surface area is 127 Å². The lowest BCUT2D eigenvalue weighted by Gasteiger charge is -2.25. The lowest BCUT2D eigenvalue weighted by molar-refractivity contribution is -0.384. The van der Waals surface area contributed by atoms with E-state index in [1.165, 1.54) is 12.1 Å². The van der Waals surface area contributed by atoms with Gasteiger partial charge in [0.2, 0.25) is 0 Å². The summed E-state index contributed by atoms with van der Waals surface area (Å²) >= 11 is 5.14. The number of benzene rings is 1. The van der Waals surface area contributed by atoms with E-state index in [0.29, 0.717) is 12.1 Å². The maximum atomic E-state index is 11.5. The number of hydrogen-bond acceptors (Lipinski definition) is 5. The first-order valence-corrected chi connectivity index (χ1v) is 8.46. The molecule has 1 aromatic carbocycles. The number of rotatable bonds is 3. The Kier molecular flexibility index (Phi) is 4.15. The van der Waals surface area contributed by atoms with Crippen molar-refractivity contribution in [3.63, 3.8) is 0 Å². The third kappa shape index (κ3) is 4.11. The second-order valence-electron chi connectivity index (χ2n) is 5.29. The summed E-state index contributed by atoms with van der Waals surface area (Å²) in [6, 6.07) is 5.94. The van der Waals surface area contributed by atoms with Gasteiger partial charge in [0.15, 0.2) is 14.9 Å². The van der Waals surface area contributed by atoms with Crippen LogP contribution in [0.2, 0.25) is 0 Å². The molecule has 1 aliphatic rings. The fourth-order valence-electron chi connectivity index (χ4n) is 2.24. The number of nitro benzene ring substituents is 1. The van der Waals surface area contributed by atoms with Crippen molar-refractivity contribution < 1.29 is 13.3 Å². The molecule has 1 aliphatic heterocycles. The van der Waals surface area contributed by atoms with Gasteiger partial charge in [0.1, 0.15) is 0 Å². The molecule has 2 rings (SSSR count). The Morgan fingerprint density at radius 3 is 2.76 bits per heavy atom. The Balaban J connectivity index is 2.02. The monoisotopic (exact) mass is 329 g/mol. The van der Waals surface area contributed by atoms with Crippen LogP contribution in [-0.4, -0.2) is 35.5 Å². The van der Waals surface area contributed by atoms with Crippen molar-refractivity contribution in [2.75, 3.05) is 16.8 Å². The highest BCUT2D eigenvalue weighted by Crippen LogP contribution is 2.23. The summed E-state index contributed by atoms with van der Waals surface area (Å²) in [7, 11) is -3.03. The van der Waals surface area contributed by atoms with Gasteiger partial charge in [-0.25, -0.2) is 8.42 Å². The molecule has 0 unspecified atom stereocenters. The Morgan fingerprint density at radius 2 is 2.19 bits per heavy atom. The number of anilines is 1. The predicted octanol–water partition coefficient (Wildman–Crippen LogP) is 1.46. The molecule has 1 aromatic rings. The van der Waals surface area contributed by atoms with E-state index in [1.54, 1.807) is 19.1 Å². The van der Waals surface area contributed by atoms with Crippen molar-refractivity contribution in [3.05, 3.63) is 34.4 Å². The van der Waals surface area contributed by atoms with E-state index in [-0.39, 0.29) is 22.3 Å². The molecular formula is C12H15N3O4S2. The molecule has 1 fully saturated rings. The quantitative estimate of drug-likeness (QED) is 0.492. The zero-order valence-corrected chi connectivity index (χ0v) is 13.0. The van der Waals surface area contributed by atoms with E-state index in [4.69, 9.17) is 12.2 Å². The van der Waals surface area contributed by atoms with E-state index in [9.17, 15) is 18.5 Å². The first-order valence-electron chi connectivity index (χ1n) is 6.23. The van der Waals surface area contributed by atoms with E-state index in [1.807, 2.05) is 0 Å². The van der Waals surface area contributed by atoms with Crippen molar-refractivity contribution in [2.45, 2.75) is 18.9 Å². The molecule has 1 saturated heterocycles. The first-order chi connectivity index (χ1) is 9.69. The van der Waals surface area contributed by atoms with Crippen LogP contribution in [0, 0.1) is 10.1 Å². The highest BCUT2D eigenvalue weighted by Gasteiger charge is 2.38. The number of thiocarbonyl (C=S) groups is 1. The Bertz CT molecular complexity index is 689. The van der Waals surface area contributed by atoms with Gasteiger partial charge in [-0.2, -0.15) is 0 Å². The van der Waals surface area contributed by atoms with Crippen molar-refractivity contribution in [2.24, 2.45) is 0 Å². The molecule has 9 heteroatoms. The summed E-state index contributed by atoms with van der Waals surface area (Å²) in [5, 5.41) is 16.8. The summed E-state index contributed by atoms with van der Waals surface area (Å²) in [5.41, 5.74) is -0.174. The first kappa shape index (κ1) is 15.6. The maximum Gasteiger partial charge on any atom is 0.271 e. The lowest BCUT2D eigenvalue weighted by Crippen LogP contribution is -2.48. The second kappa shape index (κ2) is 5.57. The van der Waals surface area contributed by atoms with Gasteiger partial charge in [-0.15, -0.1) is 0 Å². The molecule has 0 bridgehead atoms. The number of nitrogens with one attached hydrogen (secondary N) is 2. The second-order valence-corrected chi connectivity index (χ2v) is 7.88. The number of non-ortho nitro benzene ring substituents is 1. The smallest absolute Gasteiger partial charge is 0.271 e. The average Bonchev–Trinajstić information content (AvgIpc) is 2.63. The fraction of sp³-hybridized carbons (Fsp3) is 0.417. The predicted molar refractivity (Wildman–Crippen MR) is 84.1 cm³/mol. The zero-order valence-electron chi connectivity index (χ0n) is 11.3. The maximum absolute atomic E-state index is 11.5. The average molecular weight is 329 g/mol. The van der Waals surface area contributed by atoms with Gasteiger partial charge in [0.05, 0.1) is 22.0 Å². The molecule has 0 aromatic heterocycles. The highest BCUT2D eigenvalue weighted by atomic mass is 32.2. The Morgan fingerprint density at radius 1 is 1.48 bits per heavy atom. The minimum absolute atomic E-state index is 0.0246. The minimum atomic E-state index is -3.03. The van der Waals surface area contributed by atoms with Gasteiger partial charge in [-0.3, -0.25) is 10.1 Å². The van der Waals surface area contributed by atoms with Gasteiger partial charge in [0, 0.05) is 17.8 Å². The number of sulfone groups is 1. The van der Waals surface area contributed by atoms with E-state index in [0.717, 1.165) is 0 Å². The third-order valence-corrected chi connectivity index (χ3v) is 5.34. The van der Waals surface area contributed by atoms with Gasteiger partial charge < -0.3 is 10.6 Å². The fourth-order valence-corrected chi connectivity index (χ4v) is 4.70. The molecule has 1 heterocycles. The summed E-state index contributed by atoms with van der Waals surface area (Å²) in [4.78, 5) is 10.2. The normalized spacial score (nSPS) is 23.5. The van der Waals surface area contributed by atoms with Crippen molar-refractivity contribution >= 4 is 38.5 Å². The van der Waals surface area contributed by atoms with Crippen LogP contribution in [0.25, 0.3) is 0 Å². The van der Waals surface area contributed by atoms with Gasteiger partial charge >= 0.3 is 0 Å². The van der Waals surface area contributed by atoms with Gasteiger partial charge in [-0.1, -0.05) is 6.07 Å². The molecule has 7 nitrogen and oxygen atoms in total. The van der Waals surface area contributed by atoms with E-state index < -0.39 is 20.3 Å². The molecular weight excluding hydrogens is 314 g/mol. The molecule has 0 radical (unpaired) electrons. The molecule has 0 saturated carbocycles. The molecule has 2 N–H and O–H groups in total. The van der Waals surface area contributed by atoms with Gasteiger partial charge in [-0.05, 0) is 31.6 Å². The van der Waals surface area contributed by atoms with Crippen LogP contribution >= 0.6 is 12.2 Å². The molecule has 0 aliphatic carbocycles. The molecule has 0 amide bonds. The van der Waals surface area contributed by atoms with Crippen LogP contribution in [0.15, 0.2) is 24.3 Å².